The van der Waals surface area contributed by atoms with Gasteiger partial charge in [0.15, 0.2) is 6.29 Å². The standard InChI is InChI=1S/C10H7NOS/c12-5-9-7-13-6-8-3-1-2-4-10(8)11-9/h1-7H. The average molecular weight is 189 g/mol. The van der Waals surface area contributed by atoms with Crippen LogP contribution in [0.2, 0.25) is 0 Å². The summed E-state index contributed by atoms with van der Waals surface area (Å²) in [7, 11) is 0. The second-order valence-corrected chi connectivity index (χ2v) is 3.33. The predicted molar refractivity (Wildman–Crippen MR) is 53.4 cm³/mol. The lowest BCUT2D eigenvalue weighted by atomic mass is 10.3. The smallest absolute Gasteiger partial charge is 0.168 e. The fourth-order valence-corrected chi connectivity index (χ4v) is 1.75. The van der Waals surface area contributed by atoms with Gasteiger partial charge in [-0.15, -0.1) is 11.8 Å². The van der Waals surface area contributed by atoms with Crippen LogP contribution in [0.15, 0.2) is 40.4 Å². The van der Waals surface area contributed by atoms with Crippen molar-refractivity contribution >= 4 is 23.5 Å². The molecule has 0 spiro atoms. The molecule has 3 heteroatoms. The van der Waals surface area contributed by atoms with Gasteiger partial charge in [-0.05, 0) is 11.5 Å². The largest absolute Gasteiger partial charge is 0.296 e. The number of benzene rings is 1. The lowest BCUT2D eigenvalue weighted by Gasteiger charge is -1.86. The van der Waals surface area contributed by atoms with Crippen molar-refractivity contribution < 1.29 is 4.79 Å². The molecule has 2 rings (SSSR count). The minimum atomic E-state index is 0.478. The molecule has 1 aliphatic heterocycles. The Kier molecular flexibility index (Phi) is 2.27. The highest BCUT2D eigenvalue weighted by Crippen LogP contribution is 2.08. The van der Waals surface area contributed by atoms with Crippen LogP contribution in [-0.2, 0) is 4.79 Å². The number of para-hydroxylation sites is 1. The van der Waals surface area contributed by atoms with Gasteiger partial charge in [0.05, 0.1) is 5.36 Å². The maximum absolute atomic E-state index is 10.5. The number of hydrogen-bond acceptors (Lipinski definition) is 3. The van der Waals surface area contributed by atoms with Crippen molar-refractivity contribution in [3.05, 3.63) is 45.9 Å². The first kappa shape index (κ1) is 8.26. The number of hydrogen-bond donors (Lipinski definition) is 0. The van der Waals surface area contributed by atoms with E-state index in [1.165, 1.54) is 11.8 Å². The van der Waals surface area contributed by atoms with Crippen molar-refractivity contribution in [3.63, 3.8) is 0 Å². The Morgan fingerprint density at radius 1 is 1.23 bits per heavy atom. The third-order valence-corrected chi connectivity index (χ3v) is 2.46. The topological polar surface area (TPSA) is 29.4 Å². The fourth-order valence-electron chi connectivity index (χ4n) is 1.09. The lowest BCUT2D eigenvalue weighted by Crippen LogP contribution is -2.23. The van der Waals surface area contributed by atoms with Gasteiger partial charge in [0, 0.05) is 10.6 Å². The molecule has 0 N–H and O–H groups in total. The van der Waals surface area contributed by atoms with E-state index in [1.807, 2.05) is 29.7 Å². The zero-order valence-corrected chi connectivity index (χ0v) is 7.62. The summed E-state index contributed by atoms with van der Waals surface area (Å²) in [5.74, 6) is 0. The van der Waals surface area contributed by atoms with Crippen molar-refractivity contribution in [2.24, 2.45) is 4.99 Å². The SMILES string of the molecule is O=CC1=CSC=c2ccccc2=N1. The van der Waals surface area contributed by atoms with E-state index in [-0.39, 0.29) is 0 Å². The van der Waals surface area contributed by atoms with Gasteiger partial charge in [0.25, 0.3) is 0 Å². The molecule has 1 aromatic carbocycles. The number of nitrogens with zero attached hydrogens (tertiary/aromatic N) is 1. The van der Waals surface area contributed by atoms with Crippen LogP contribution >= 0.6 is 11.8 Å². The molecule has 0 saturated carbocycles. The Labute approximate surface area is 79.7 Å². The van der Waals surface area contributed by atoms with E-state index in [1.54, 1.807) is 5.41 Å². The highest BCUT2D eigenvalue weighted by Gasteiger charge is 1.95. The quantitative estimate of drug-likeness (QED) is 0.612. The Balaban J connectivity index is 2.70. The van der Waals surface area contributed by atoms with Gasteiger partial charge in [0.2, 0.25) is 0 Å². The first-order chi connectivity index (χ1) is 6.40. The molecule has 0 atom stereocenters. The molecular weight excluding hydrogens is 182 g/mol. The molecule has 0 aromatic heterocycles. The minimum Gasteiger partial charge on any atom is -0.296 e. The minimum absolute atomic E-state index is 0.478. The molecule has 0 saturated heterocycles. The van der Waals surface area contributed by atoms with Crippen molar-refractivity contribution in [2.45, 2.75) is 0 Å². The number of rotatable bonds is 1. The van der Waals surface area contributed by atoms with E-state index in [2.05, 4.69) is 4.99 Å². The molecule has 0 aliphatic carbocycles. The van der Waals surface area contributed by atoms with Gasteiger partial charge >= 0.3 is 0 Å². The molecule has 0 unspecified atom stereocenters. The molecule has 1 aromatic rings. The molecule has 2 nitrogen and oxygen atoms in total. The van der Waals surface area contributed by atoms with Crippen LogP contribution in [0.5, 0.6) is 0 Å². The average Bonchev–Trinajstić information content (AvgIpc) is 2.38. The Bertz CT molecular complexity index is 476. The van der Waals surface area contributed by atoms with Gasteiger partial charge < -0.3 is 0 Å². The predicted octanol–water partition coefficient (Wildman–Crippen LogP) is 0.831. The van der Waals surface area contributed by atoms with Gasteiger partial charge in [0.1, 0.15) is 5.70 Å². The summed E-state index contributed by atoms with van der Waals surface area (Å²) in [6.07, 6.45) is 0.767. The van der Waals surface area contributed by atoms with Gasteiger partial charge in [-0.2, -0.15) is 0 Å². The molecule has 0 amide bonds. The van der Waals surface area contributed by atoms with Crippen molar-refractivity contribution in [3.8, 4) is 0 Å². The summed E-state index contributed by atoms with van der Waals surface area (Å²) in [5.41, 5.74) is 0.478. The van der Waals surface area contributed by atoms with Gasteiger partial charge in [-0.3, -0.25) is 4.79 Å². The van der Waals surface area contributed by atoms with E-state index in [4.69, 9.17) is 0 Å². The number of fused-ring (bicyclic) bond motifs is 1. The van der Waals surface area contributed by atoms with E-state index < -0.39 is 0 Å². The third kappa shape index (κ3) is 1.70. The molecule has 0 fully saturated rings. The second kappa shape index (κ2) is 3.58. The summed E-state index contributed by atoms with van der Waals surface area (Å²) in [4.78, 5) is 14.7. The summed E-state index contributed by atoms with van der Waals surface area (Å²) in [6, 6.07) is 7.74. The highest BCUT2D eigenvalue weighted by molar-refractivity contribution is 8.09. The maximum atomic E-state index is 10.5. The van der Waals surface area contributed by atoms with E-state index in [0.717, 1.165) is 16.9 Å². The van der Waals surface area contributed by atoms with Gasteiger partial charge in [-0.1, -0.05) is 18.2 Å². The number of aldehydes is 1. The van der Waals surface area contributed by atoms with Crippen molar-refractivity contribution in [2.75, 3.05) is 0 Å². The van der Waals surface area contributed by atoms with Crippen LogP contribution in [0.3, 0.4) is 0 Å². The maximum Gasteiger partial charge on any atom is 0.168 e. The monoisotopic (exact) mass is 189 g/mol. The first-order valence-corrected chi connectivity index (χ1v) is 4.79. The Morgan fingerprint density at radius 3 is 2.92 bits per heavy atom. The molecule has 13 heavy (non-hydrogen) atoms. The normalized spacial score (nSPS) is 14.3. The molecule has 1 heterocycles. The van der Waals surface area contributed by atoms with E-state index in [9.17, 15) is 4.79 Å². The van der Waals surface area contributed by atoms with Crippen molar-refractivity contribution in [1.82, 2.24) is 0 Å². The number of allylic oxidation sites excluding steroid dienone is 1. The molecule has 0 radical (unpaired) electrons. The van der Waals surface area contributed by atoms with Crippen LogP contribution in [0.25, 0.3) is 5.41 Å². The van der Waals surface area contributed by atoms with E-state index >= 15 is 0 Å². The summed E-state index contributed by atoms with van der Waals surface area (Å²) in [6.45, 7) is 0. The number of carbonyl (C=O) groups is 1. The van der Waals surface area contributed by atoms with Crippen LogP contribution in [0.1, 0.15) is 0 Å². The summed E-state index contributed by atoms with van der Waals surface area (Å²) < 4.78 is 0. The fraction of sp³-hybridized carbons (Fsp3) is 0. The third-order valence-electron chi connectivity index (χ3n) is 1.69. The van der Waals surface area contributed by atoms with Crippen LogP contribution in [0.4, 0.5) is 0 Å². The van der Waals surface area contributed by atoms with Crippen LogP contribution in [0, 0.1) is 0 Å². The van der Waals surface area contributed by atoms with Crippen molar-refractivity contribution in [1.29, 1.82) is 0 Å². The summed E-state index contributed by atoms with van der Waals surface area (Å²) >= 11 is 1.48. The van der Waals surface area contributed by atoms with Gasteiger partial charge in [-0.25, -0.2) is 4.99 Å². The van der Waals surface area contributed by atoms with Crippen LogP contribution in [-0.4, -0.2) is 6.29 Å². The second-order valence-electron chi connectivity index (χ2n) is 2.59. The summed E-state index contributed by atoms with van der Waals surface area (Å²) in [5, 5.41) is 5.63. The first-order valence-electron chi connectivity index (χ1n) is 3.85. The zero-order chi connectivity index (χ0) is 9.10. The van der Waals surface area contributed by atoms with E-state index in [0.29, 0.717) is 5.70 Å². The number of carbonyl (C=O) groups excluding carboxylic acids is 1. The molecule has 0 bridgehead atoms. The molecule has 1 aliphatic rings. The Hall–Kier alpha value is -1.35. The van der Waals surface area contributed by atoms with Crippen LogP contribution < -0.4 is 10.6 Å². The molecule has 64 valence electrons. The highest BCUT2D eigenvalue weighted by atomic mass is 32.2. The molecular formula is C10H7NOS. The Morgan fingerprint density at radius 2 is 2.08 bits per heavy atom. The lowest BCUT2D eigenvalue weighted by molar-refractivity contribution is -0.104. The zero-order valence-electron chi connectivity index (χ0n) is 6.81. The number of thioether (sulfide) groups is 1.